The van der Waals surface area contributed by atoms with Crippen molar-refractivity contribution in [3.8, 4) is 23.0 Å². The molecule has 4 heteroatoms. The molecule has 1 atom stereocenters. The molecule has 1 unspecified atom stereocenters. The van der Waals surface area contributed by atoms with E-state index in [2.05, 4.69) is 5.32 Å². The number of rotatable bonds is 8. The summed E-state index contributed by atoms with van der Waals surface area (Å²) in [7, 11) is 1.65. The van der Waals surface area contributed by atoms with Crippen LogP contribution in [-0.2, 0) is 0 Å². The first-order valence-electron chi connectivity index (χ1n) is 8.60. The molecule has 1 N–H and O–H groups in total. The third-order valence-electron chi connectivity index (χ3n) is 3.82. The number of hydrogen-bond acceptors (Lipinski definition) is 4. The molecule has 0 fully saturated rings. The first-order chi connectivity index (χ1) is 12.7. The predicted molar refractivity (Wildman–Crippen MR) is 105 cm³/mol. The van der Waals surface area contributed by atoms with Gasteiger partial charge in [0.25, 0.3) is 0 Å². The standard InChI is InChI=1S/C22H23NO3/c1-17(25-21-14-12-19(24-2)13-15-21)16-23-18-8-10-22(11-9-18)26-20-6-4-3-5-7-20/h3-15,17,23H,16H2,1-2H3. The Kier molecular flexibility index (Phi) is 5.99. The average Bonchev–Trinajstić information content (AvgIpc) is 2.69. The molecule has 0 radical (unpaired) electrons. The lowest BCUT2D eigenvalue weighted by Crippen LogP contribution is -2.22. The second kappa shape index (κ2) is 8.81. The Hall–Kier alpha value is -3.14. The molecule has 134 valence electrons. The molecule has 0 aliphatic heterocycles. The maximum Gasteiger partial charge on any atom is 0.127 e. The normalized spacial score (nSPS) is 11.5. The summed E-state index contributed by atoms with van der Waals surface area (Å²) in [4.78, 5) is 0. The van der Waals surface area contributed by atoms with Gasteiger partial charge >= 0.3 is 0 Å². The maximum absolute atomic E-state index is 5.90. The van der Waals surface area contributed by atoms with Crippen LogP contribution in [-0.4, -0.2) is 19.8 Å². The van der Waals surface area contributed by atoms with Gasteiger partial charge in [0.1, 0.15) is 29.1 Å². The molecule has 3 aromatic rings. The van der Waals surface area contributed by atoms with Gasteiger partial charge in [-0.15, -0.1) is 0 Å². The van der Waals surface area contributed by atoms with Gasteiger partial charge in [-0.05, 0) is 67.6 Å². The quantitative estimate of drug-likeness (QED) is 0.594. The Labute approximate surface area is 154 Å². The topological polar surface area (TPSA) is 39.7 Å². The summed E-state index contributed by atoms with van der Waals surface area (Å²) in [6.07, 6.45) is 0.0311. The summed E-state index contributed by atoms with van der Waals surface area (Å²) >= 11 is 0. The second-order valence-electron chi connectivity index (χ2n) is 5.92. The van der Waals surface area contributed by atoms with Gasteiger partial charge < -0.3 is 19.5 Å². The number of nitrogens with one attached hydrogen (secondary N) is 1. The van der Waals surface area contributed by atoms with Crippen molar-refractivity contribution in [2.45, 2.75) is 13.0 Å². The van der Waals surface area contributed by atoms with Crippen LogP contribution in [0.3, 0.4) is 0 Å². The molecular formula is C22H23NO3. The summed E-state index contributed by atoms with van der Waals surface area (Å²) in [6.45, 7) is 2.73. The Morgan fingerprint density at radius 1 is 0.731 bits per heavy atom. The highest BCUT2D eigenvalue weighted by Crippen LogP contribution is 2.23. The van der Waals surface area contributed by atoms with Crippen molar-refractivity contribution in [1.29, 1.82) is 0 Å². The van der Waals surface area contributed by atoms with Gasteiger partial charge in [0.15, 0.2) is 0 Å². The minimum atomic E-state index is 0.0311. The van der Waals surface area contributed by atoms with Crippen LogP contribution in [0, 0.1) is 0 Å². The largest absolute Gasteiger partial charge is 0.497 e. The van der Waals surface area contributed by atoms with E-state index in [-0.39, 0.29) is 6.10 Å². The highest BCUT2D eigenvalue weighted by Gasteiger charge is 2.05. The van der Waals surface area contributed by atoms with Gasteiger partial charge in [0.05, 0.1) is 13.7 Å². The lowest BCUT2D eigenvalue weighted by Gasteiger charge is -2.16. The van der Waals surface area contributed by atoms with Crippen LogP contribution in [0.4, 0.5) is 5.69 Å². The van der Waals surface area contributed by atoms with Crippen molar-refractivity contribution in [3.63, 3.8) is 0 Å². The summed E-state index contributed by atoms with van der Waals surface area (Å²) in [5.74, 6) is 3.28. The van der Waals surface area contributed by atoms with Crippen molar-refractivity contribution in [2.75, 3.05) is 19.0 Å². The van der Waals surface area contributed by atoms with Crippen molar-refractivity contribution in [2.24, 2.45) is 0 Å². The first kappa shape index (κ1) is 17.7. The predicted octanol–water partition coefficient (Wildman–Crippen LogP) is 5.37. The van der Waals surface area contributed by atoms with Gasteiger partial charge in [-0.3, -0.25) is 0 Å². The zero-order valence-corrected chi connectivity index (χ0v) is 15.0. The highest BCUT2D eigenvalue weighted by atomic mass is 16.5. The Morgan fingerprint density at radius 2 is 1.31 bits per heavy atom. The summed E-state index contributed by atoms with van der Waals surface area (Å²) in [5, 5.41) is 3.37. The number of anilines is 1. The molecule has 3 rings (SSSR count). The van der Waals surface area contributed by atoms with Crippen molar-refractivity contribution in [3.05, 3.63) is 78.9 Å². The van der Waals surface area contributed by atoms with Crippen molar-refractivity contribution in [1.82, 2.24) is 0 Å². The lowest BCUT2D eigenvalue weighted by atomic mass is 10.2. The zero-order valence-electron chi connectivity index (χ0n) is 15.0. The zero-order chi connectivity index (χ0) is 18.2. The van der Waals surface area contributed by atoms with E-state index < -0.39 is 0 Å². The second-order valence-corrected chi connectivity index (χ2v) is 5.92. The Morgan fingerprint density at radius 3 is 1.96 bits per heavy atom. The minimum Gasteiger partial charge on any atom is -0.497 e. The molecule has 4 nitrogen and oxygen atoms in total. The minimum absolute atomic E-state index is 0.0311. The van der Waals surface area contributed by atoms with E-state index in [1.165, 1.54) is 0 Å². The summed E-state index contributed by atoms with van der Waals surface area (Å²) in [5.41, 5.74) is 1.02. The smallest absolute Gasteiger partial charge is 0.127 e. The molecule has 0 saturated heterocycles. The van der Waals surface area contributed by atoms with Gasteiger partial charge in [-0.25, -0.2) is 0 Å². The molecule has 26 heavy (non-hydrogen) atoms. The molecule has 3 aromatic carbocycles. The third kappa shape index (κ3) is 5.18. The van der Waals surface area contributed by atoms with Crippen LogP contribution in [0.25, 0.3) is 0 Å². The number of ether oxygens (including phenoxy) is 3. The molecule has 0 aliphatic carbocycles. The van der Waals surface area contributed by atoms with Crippen LogP contribution < -0.4 is 19.5 Å². The Balaban J connectivity index is 1.47. The number of benzene rings is 3. The van der Waals surface area contributed by atoms with Gasteiger partial charge in [-0.2, -0.15) is 0 Å². The van der Waals surface area contributed by atoms with E-state index >= 15 is 0 Å². The number of methoxy groups -OCH3 is 1. The molecule has 0 spiro atoms. The molecule has 0 saturated carbocycles. The van der Waals surface area contributed by atoms with Gasteiger partial charge in [0, 0.05) is 5.69 Å². The Bertz CT molecular complexity index is 786. The molecule has 0 amide bonds. The van der Waals surface area contributed by atoms with Gasteiger partial charge in [0.2, 0.25) is 0 Å². The summed E-state index contributed by atoms with van der Waals surface area (Å²) < 4.78 is 16.8. The molecule has 0 bridgehead atoms. The van der Waals surface area contributed by atoms with E-state index in [9.17, 15) is 0 Å². The fourth-order valence-electron chi connectivity index (χ4n) is 2.46. The van der Waals surface area contributed by atoms with E-state index in [1.54, 1.807) is 7.11 Å². The molecular weight excluding hydrogens is 326 g/mol. The van der Waals surface area contributed by atoms with E-state index in [0.717, 1.165) is 28.7 Å². The SMILES string of the molecule is COc1ccc(OC(C)CNc2ccc(Oc3ccccc3)cc2)cc1. The first-order valence-corrected chi connectivity index (χ1v) is 8.60. The van der Waals surface area contributed by atoms with Crippen LogP contribution >= 0.6 is 0 Å². The van der Waals surface area contributed by atoms with Gasteiger partial charge in [-0.1, -0.05) is 18.2 Å². The van der Waals surface area contributed by atoms with E-state index in [1.807, 2.05) is 85.8 Å². The lowest BCUT2D eigenvalue weighted by molar-refractivity contribution is 0.234. The average molecular weight is 349 g/mol. The number of hydrogen-bond donors (Lipinski definition) is 1. The fourth-order valence-corrected chi connectivity index (χ4v) is 2.46. The van der Waals surface area contributed by atoms with Crippen LogP contribution in [0.2, 0.25) is 0 Å². The number of para-hydroxylation sites is 1. The van der Waals surface area contributed by atoms with Crippen LogP contribution in [0.5, 0.6) is 23.0 Å². The molecule has 0 aromatic heterocycles. The van der Waals surface area contributed by atoms with E-state index in [4.69, 9.17) is 14.2 Å². The summed E-state index contributed by atoms with van der Waals surface area (Å²) in [6, 6.07) is 25.2. The monoisotopic (exact) mass is 349 g/mol. The maximum atomic E-state index is 5.90. The van der Waals surface area contributed by atoms with Crippen LogP contribution in [0.1, 0.15) is 6.92 Å². The molecule has 0 heterocycles. The van der Waals surface area contributed by atoms with Crippen LogP contribution in [0.15, 0.2) is 78.9 Å². The van der Waals surface area contributed by atoms with E-state index in [0.29, 0.717) is 6.54 Å². The third-order valence-corrected chi connectivity index (χ3v) is 3.82. The molecule has 0 aliphatic rings. The van der Waals surface area contributed by atoms with Crippen molar-refractivity contribution < 1.29 is 14.2 Å². The fraction of sp³-hybridized carbons (Fsp3) is 0.182. The van der Waals surface area contributed by atoms with Crippen molar-refractivity contribution >= 4 is 5.69 Å². The highest BCUT2D eigenvalue weighted by molar-refractivity contribution is 5.47.